The smallest absolute Gasteiger partial charge is 0.134 e. The normalized spacial score (nSPS) is 14.3. The van der Waals surface area contributed by atoms with Gasteiger partial charge in [-0.3, -0.25) is 4.90 Å². The molecule has 0 unspecified atom stereocenters. The first-order chi connectivity index (χ1) is 12.6. The summed E-state index contributed by atoms with van der Waals surface area (Å²) in [6.07, 6.45) is 0. The SMILES string of the molecule is Nc1sc2c3c(c4cc(Cl)ccc4c(O)c13)CN(Cc1ccccc1)C2. The van der Waals surface area contributed by atoms with Gasteiger partial charge in [0.15, 0.2) is 0 Å². The molecule has 26 heavy (non-hydrogen) atoms. The summed E-state index contributed by atoms with van der Waals surface area (Å²) in [5.41, 5.74) is 8.78. The molecule has 0 saturated heterocycles. The maximum Gasteiger partial charge on any atom is 0.134 e. The number of fused-ring (bicyclic) bond motifs is 2. The van der Waals surface area contributed by atoms with E-state index >= 15 is 0 Å². The van der Waals surface area contributed by atoms with E-state index in [0.717, 1.165) is 41.2 Å². The average Bonchev–Trinajstić information content (AvgIpc) is 2.96. The Hall–Kier alpha value is -2.27. The lowest BCUT2D eigenvalue weighted by Gasteiger charge is -2.28. The van der Waals surface area contributed by atoms with E-state index in [1.165, 1.54) is 16.0 Å². The lowest BCUT2D eigenvalue weighted by Crippen LogP contribution is -2.25. The second-order valence-corrected chi connectivity index (χ2v) is 8.36. The summed E-state index contributed by atoms with van der Waals surface area (Å²) in [5, 5.41) is 15.9. The van der Waals surface area contributed by atoms with Crippen LogP contribution in [0.5, 0.6) is 5.75 Å². The van der Waals surface area contributed by atoms with Crippen LogP contribution in [-0.4, -0.2) is 10.0 Å². The molecule has 3 N–H and O–H groups in total. The molecule has 0 saturated carbocycles. The predicted molar refractivity (Wildman–Crippen MR) is 110 cm³/mol. The molecule has 5 heteroatoms. The molecule has 0 bridgehead atoms. The largest absolute Gasteiger partial charge is 0.507 e. The fraction of sp³-hybridized carbons (Fsp3) is 0.143. The number of anilines is 1. The van der Waals surface area contributed by atoms with Gasteiger partial charge >= 0.3 is 0 Å². The Balaban J connectivity index is 1.71. The number of thiophene rings is 1. The quantitative estimate of drug-likeness (QED) is 0.482. The minimum Gasteiger partial charge on any atom is -0.507 e. The van der Waals surface area contributed by atoms with Crippen molar-refractivity contribution in [3.05, 3.63) is 69.6 Å². The average molecular weight is 381 g/mol. The number of rotatable bonds is 2. The van der Waals surface area contributed by atoms with Crippen molar-refractivity contribution in [3.8, 4) is 5.75 Å². The number of phenolic OH excluding ortho intramolecular Hbond substituents is 1. The number of nitrogen functional groups attached to an aromatic ring is 1. The van der Waals surface area contributed by atoms with Crippen LogP contribution in [0.15, 0.2) is 48.5 Å². The lowest BCUT2D eigenvalue weighted by atomic mass is 9.94. The van der Waals surface area contributed by atoms with E-state index in [0.29, 0.717) is 10.0 Å². The van der Waals surface area contributed by atoms with E-state index in [2.05, 4.69) is 29.2 Å². The summed E-state index contributed by atoms with van der Waals surface area (Å²) in [6.45, 7) is 2.53. The third-order valence-electron chi connectivity index (χ3n) is 5.11. The van der Waals surface area contributed by atoms with Crippen molar-refractivity contribution in [2.45, 2.75) is 19.6 Å². The molecule has 3 aromatic carbocycles. The molecule has 0 spiro atoms. The van der Waals surface area contributed by atoms with Gasteiger partial charge in [-0.2, -0.15) is 0 Å². The number of nitrogens with two attached hydrogens (primary N) is 1. The van der Waals surface area contributed by atoms with E-state index in [1.54, 1.807) is 11.3 Å². The van der Waals surface area contributed by atoms with Gasteiger partial charge in [0.05, 0.1) is 10.4 Å². The van der Waals surface area contributed by atoms with Crippen molar-refractivity contribution < 1.29 is 5.11 Å². The number of phenols is 1. The zero-order chi connectivity index (χ0) is 17.8. The second kappa shape index (κ2) is 5.88. The highest BCUT2D eigenvalue weighted by Crippen LogP contribution is 2.49. The van der Waals surface area contributed by atoms with Crippen LogP contribution in [0, 0.1) is 0 Å². The molecule has 0 atom stereocenters. The second-order valence-electron chi connectivity index (χ2n) is 6.79. The number of hydrogen-bond donors (Lipinski definition) is 2. The zero-order valence-corrected chi connectivity index (χ0v) is 15.6. The van der Waals surface area contributed by atoms with E-state index in [-0.39, 0.29) is 5.75 Å². The highest BCUT2D eigenvalue weighted by atomic mass is 35.5. The van der Waals surface area contributed by atoms with Crippen molar-refractivity contribution in [1.29, 1.82) is 0 Å². The van der Waals surface area contributed by atoms with Gasteiger partial charge < -0.3 is 10.8 Å². The molecule has 1 aliphatic heterocycles. The molecule has 2 heterocycles. The monoisotopic (exact) mass is 380 g/mol. The molecule has 3 nitrogen and oxygen atoms in total. The first kappa shape index (κ1) is 15.9. The minimum atomic E-state index is 0.270. The van der Waals surface area contributed by atoms with Crippen molar-refractivity contribution in [2.24, 2.45) is 0 Å². The van der Waals surface area contributed by atoms with Crippen molar-refractivity contribution in [3.63, 3.8) is 0 Å². The number of benzene rings is 3. The van der Waals surface area contributed by atoms with Crippen LogP contribution in [0.4, 0.5) is 5.00 Å². The Kier molecular flexibility index (Phi) is 3.60. The highest BCUT2D eigenvalue weighted by molar-refractivity contribution is 7.18. The Morgan fingerprint density at radius 2 is 1.85 bits per heavy atom. The number of halogens is 1. The topological polar surface area (TPSA) is 49.5 Å². The van der Waals surface area contributed by atoms with Crippen molar-refractivity contribution in [1.82, 2.24) is 4.90 Å². The number of nitrogens with zero attached hydrogens (tertiary/aromatic N) is 1. The lowest BCUT2D eigenvalue weighted by molar-refractivity contribution is 0.247. The number of aromatic hydroxyl groups is 1. The fourth-order valence-corrected chi connectivity index (χ4v) is 5.32. The minimum absolute atomic E-state index is 0.270. The van der Waals surface area contributed by atoms with E-state index < -0.39 is 0 Å². The van der Waals surface area contributed by atoms with Crippen LogP contribution >= 0.6 is 22.9 Å². The molecule has 1 aromatic heterocycles. The molecule has 0 aliphatic carbocycles. The molecule has 130 valence electrons. The van der Waals surface area contributed by atoms with E-state index in [9.17, 15) is 5.11 Å². The van der Waals surface area contributed by atoms with Crippen LogP contribution in [0.3, 0.4) is 0 Å². The molecule has 5 rings (SSSR count). The molecule has 0 radical (unpaired) electrons. The van der Waals surface area contributed by atoms with Crippen LogP contribution in [0.1, 0.15) is 16.0 Å². The third kappa shape index (κ3) is 2.37. The van der Waals surface area contributed by atoms with Crippen LogP contribution in [0.25, 0.3) is 21.5 Å². The van der Waals surface area contributed by atoms with Crippen molar-refractivity contribution >= 4 is 49.5 Å². The summed E-state index contributed by atoms with van der Waals surface area (Å²) in [7, 11) is 0. The van der Waals surface area contributed by atoms with Crippen LogP contribution < -0.4 is 5.73 Å². The van der Waals surface area contributed by atoms with Crippen LogP contribution in [-0.2, 0) is 19.6 Å². The molecular formula is C21H17ClN2OS. The summed E-state index contributed by atoms with van der Waals surface area (Å²) in [6, 6.07) is 16.1. The maximum atomic E-state index is 10.8. The first-order valence-corrected chi connectivity index (χ1v) is 9.71. The van der Waals surface area contributed by atoms with E-state index in [4.69, 9.17) is 17.3 Å². The Bertz CT molecular complexity index is 1150. The van der Waals surface area contributed by atoms with Crippen molar-refractivity contribution in [2.75, 3.05) is 5.73 Å². The van der Waals surface area contributed by atoms with Gasteiger partial charge in [-0.25, -0.2) is 0 Å². The molecule has 4 aromatic rings. The highest BCUT2D eigenvalue weighted by Gasteiger charge is 2.27. The Morgan fingerprint density at radius 3 is 2.65 bits per heavy atom. The van der Waals surface area contributed by atoms with Crippen LogP contribution in [0.2, 0.25) is 5.02 Å². The van der Waals surface area contributed by atoms with Gasteiger partial charge in [0.25, 0.3) is 0 Å². The van der Waals surface area contributed by atoms with Gasteiger partial charge in [0.1, 0.15) is 5.75 Å². The van der Waals surface area contributed by atoms with E-state index in [1.807, 2.05) is 24.3 Å². The Morgan fingerprint density at radius 1 is 1.04 bits per heavy atom. The molecule has 1 aliphatic rings. The summed E-state index contributed by atoms with van der Waals surface area (Å²) in [5.74, 6) is 0.270. The van der Waals surface area contributed by atoms with Gasteiger partial charge in [0.2, 0.25) is 0 Å². The van der Waals surface area contributed by atoms with Gasteiger partial charge in [0, 0.05) is 40.3 Å². The summed E-state index contributed by atoms with van der Waals surface area (Å²) < 4.78 is 0. The van der Waals surface area contributed by atoms with Gasteiger partial charge in [-0.05, 0) is 34.7 Å². The Labute approximate surface area is 160 Å². The fourth-order valence-electron chi connectivity index (χ4n) is 4.01. The van der Waals surface area contributed by atoms with Gasteiger partial charge in [-0.15, -0.1) is 11.3 Å². The maximum absolute atomic E-state index is 10.8. The zero-order valence-electron chi connectivity index (χ0n) is 14.0. The predicted octanol–water partition coefficient (Wildman–Crippen LogP) is 5.51. The van der Waals surface area contributed by atoms with Gasteiger partial charge in [-0.1, -0.05) is 41.9 Å². The first-order valence-electron chi connectivity index (χ1n) is 8.52. The summed E-state index contributed by atoms with van der Waals surface area (Å²) in [4.78, 5) is 3.63. The molecule has 0 amide bonds. The third-order valence-corrected chi connectivity index (χ3v) is 6.35. The number of hydrogen-bond acceptors (Lipinski definition) is 4. The molecule has 0 fully saturated rings. The standard InChI is InChI=1S/C21H17ClN2OS/c22-13-6-7-14-15(8-13)16-10-24(9-12-4-2-1-3-5-12)11-17-18(16)19(20(14)25)21(23)26-17/h1-8,25H,9-11,23H2. The summed E-state index contributed by atoms with van der Waals surface area (Å²) >= 11 is 7.84. The molecular weight excluding hydrogens is 364 g/mol.